The molecule has 0 N–H and O–H groups in total. The van der Waals surface area contributed by atoms with Crippen molar-refractivity contribution in [3.63, 3.8) is 0 Å². The van der Waals surface area contributed by atoms with Crippen LogP contribution in [0.15, 0.2) is 146 Å². The molecular weight excluding hydrogens is 601 g/mol. The van der Waals surface area contributed by atoms with Gasteiger partial charge in [0.15, 0.2) is 0 Å². The molecule has 0 aromatic heterocycles. The summed E-state index contributed by atoms with van der Waals surface area (Å²) in [6.45, 7) is 9.28. The summed E-state index contributed by atoms with van der Waals surface area (Å²) in [5.41, 5.74) is 24.2. The Morgan fingerprint density at radius 1 is 0.280 bits per heavy atom. The molecule has 7 aromatic rings. The Labute approximate surface area is 295 Å². The molecule has 0 unspecified atom stereocenters. The van der Waals surface area contributed by atoms with Gasteiger partial charge in [0.05, 0.1) is 10.8 Å². The number of hydrogen-bond donors (Lipinski definition) is 0. The van der Waals surface area contributed by atoms with Crippen LogP contribution < -0.4 is 0 Å². The molecule has 0 saturated carbocycles. The van der Waals surface area contributed by atoms with Crippen molar-refractivity contribution in [2.45, 2.75) is 50.4 Å². The van der Waals surface area contributed by atoms with Gasteiger partial charge in [-0.05, 0) is 124 Å². The van der Waals surface area contributed by atoms with Gasteiger partial charge in [-0.1, -0.05) is 161 Å². The third kappa shape index (κ3) is 3.15. The quantitative estimate of drug-likeness (QED) is 0.177. The molecule has 2 spiro atoms. The van der Waals surface area contributed by atoms with Crippen molar-refractivity contribution in [1.82, 2.24) is 0 Å². The van der Waals surface area contributed by atoms with Gasteiger partial charge in [-0.25, -0.2) is 0 Å². The maximum atomic E-state index is 2.64. The second-order valence-corrected chi connectivity index (χ2v) is 15.5. The van der Waals surface area contributed by atoms with E-state index in [4.69, 9.17) is 0 Å². The van der Waals surface area contributed by atoms with Crippen LogP contribution in [0.3, 0.4) is 0 Å². The van der Waals surface area contributed by atoms with Gasteiger partial charge in [-0.15, -0.1) is 0 Å². The predicted octanol–water partition coefficient (Wildman–Crippen LogP) is 12.6. The summed E-state index contributed by atoms with van der Waals surface area (Å²) < 4.78 is 0. The first-order chi connectivity index (χ1) is 24.5. The van der Waals surface area contributed by atoms with E-state index in [0.717, 1.165) is 0 Å². The second-order valence-electron chi connectivity index (χ2n) is 15.5. The largest absolute Gasteiger partial charge is 0.0725 e. The summed E-state index contributed by atoms with van der Waals surface area (Å²) in [5, 5.41) is 0. The molecule has 0 nitrogen and oxygen atoms in total. The maximum absolute atomic E-state index is 2.64. The van der Waals surface area contributed by atoms with Crippen LogP contribution in [0.25, 0.3) is 44.5 Å². The van der Waals surface area contributed by atoms with Gasteiger partial charge in [0, 0.05) is 0 Å². The Bertz CT molecular complexity index is 2340. The Hall–Kier alpha value is -5.46. The molecule has 0 atom stereocenters. The zero-order chi connectivity index (χ0) is 33.5. The zero-order valence-corrected chi connectivity index (χ0v) is 29.0. The van der Waals surface area contributed by atoms with Gasteiger partial charge in [0.2, 0.25) is 0 Å². The van der Waals surface area contributed by atoms with E-state index in [2.05, 4.69) is 173 Å². The molecule has 0 bridgehead atoms. The average molecular weight is 639 g/mol. The minimum absolute atomic E-state index is 0.376. The Kier molecular flexibility index (Phi) is 5.46. The van der Waals surface area contributed by atoms with Crippen LogP contribution in [0.4, 0.5) is 0 Å². The Morgan fingerprint density at radius 3 is 0.880 bits per heavy atom. The summed E-state index contributed by atoms with van der Waals surface area (Å²) >= 11 is 0. The van der Waals surface area contributed by atoms with Gasteiger partial charge < -0.3 is 0 Å². The minimum atomic E-state index is -0.376. The molecule has 0 aliphatic heterocycles. The fourth-order valence-electron chi connectivity index (χ4n) is 10.5. The molecule has 11 rings (SSSR count). The van der Waals surface area contributed by atoms with E-state index in [1.807, 2.05) is 0 Å². The highest BCUT2D eigenvalue weighted by Gasteiger charge is 2.56. The van der Waals surface area contributed by atoms with Crippen LogP contribution in [0.2, 0.25) is 0 Å². The summed E-state index contributed by atoms with van der Waals surface area (Å²) in [6, 6.07) is 56.8. The maximum Gasteiger partial charge on any atom is 0.0725 e. The van der Waals surface area contributed by atoms with Gasteiger partial charge in [-0.3, -0.25) is 0 Å². The lowest BCUT2D eigenvalue weighted by molar-refractivity contribution is 0.781. The van der Waals surface area contributed by atoms with Gasteiger partial charge in [-0.2, -0.15) is 0 Å². The van der Waals surface area contributed by atoms with Crippen LogP contribution >= 0.6 is 0 Å². The molecule has 0 heteroatoms. The minimum Gasteiger partial charge on any atom is -0.0619 e. The van der Waals surface area contributed by atoms with Crippen molar-refractivity contribution in [1.29, 1.82) is 0 Å². The van der Waals surface area contributed by atoms with E-state index in [-0.39, 0.29) is 10.8 Å². The number of rotatable bonds is 2. The third-order valence-corrected chi connectivity index (χ3v) is 12.7. The fraction of sp³-hybridized carbons (Fsp3) is 0.160. The topological polar surface area (TPSA) is 0 Å². The van der Waals surface area contributed by atoms with Crippen LogP contribution in [-0.4, -0.2) is 0 Å². The first-order valence-corrected chi connectivity index (χ1v) is 18.3. The van der Waals surface area contributed by atoms with Crippen molar-refractivity contribution >= 4 is 0 Å². The van der Waals surface area contributed by atoms with Crippen molar-refractivity contribution in [3.05, 3.63) is 201 Å². The molecule has 0 radical (unpaired) electrons. The van der Waals surface area contributed by atoms with Crippen LogP contribution in [0.1, 0.15) is 95.2 Å². The van der Waals surface area contributed by atoms with Crippen LogP contribution in [0.5, 0.6) is 0 Å². The SMILES string of the molecule is CC(C)c1ccc2c(c1)-c1cc3c(cc1C21c2ccccc2-c2ccccc21)-c1cc(C(C)C)ccc1C31c2ccccc2-c2ccccc21. The first kappa shape index (κ1) is 28.4. The molecule has 0 heterocycles. The van der Waals surface area contributed by atoms with Crippen molar-refractivity contribution in [2.24, 2.45) is 0 Å². The monoisotopic (exact) mass is 638 g/mol. The number of benzene rings is 7. The van der Waals surface area contributed by atoms with Crippen molar-refractivity contribution in [2.75, 3.05) is 0 Å². The molecule has 7 aromatic carbocycles. The average Bonchev–Trinajstić information content (AvgIpc) is 3.82. The lowest BCUT2D eigenvalue weighted by atomic mass is 9.68. The summed E-state index contributed by atoms with van der Waals surface area (Å²) in [7, 11) is 0. The highest BCUT2D eigenvalue weighted by molar-refractivity contribution is 6.01. The Morgan fingerprint density at radius 2 is 0.560 bits per heavy atom. The van der Waals surface area contributed by atoms with E-state index in [9.17, 15) is 0 Å². The molecule has 238 valence electrons. The fourth-order valence-corrected chi connectivity index (χ4v) is 10.5. The lowest BCUT2D eigenvalue weighted by Gasteiger charge is -2.32. The predicted molar refractivity (Wildman–Crippen MR) is 207 cm³/mol. The van der Waals surface area contributed by atoms with Crippen molar-refractivity contribution < 1.29 is 0 Å². The van der Waals surface area contributed by atoms with E-state index >= 15 is 0 Å². The standard InChI is InChI=1S/C50H38/c1-29(2)31-21-23-45-37(25-31)39-27-48-40(28-47(39)49(45)41-17-9-5-13-33(41)34-14-6-10-18-42(34)49)38-26-32(30(3)4)22-24-46(38)50(48)43-19-11-7-15-35(43)36-16-8-12-20-44(36)50/h5-30H,1-4H3. The zero-order valence-electron chi connectivity index (χ0n) is 29.0. The lowest BCUT2D eigenvalue weighted by Crippen LogP contribution is -2.27. The summed E-state index contributed by atoms with van der Waals surface area (Å²) in [5.74, 6) is 0.882. The van der Waals surface area contributed by atoms with Crippen LogP contribution in [-0.2, 0) is 10.8 Å². The molecule has 4 aliphatic carbocycles. The van der Waals surface area contributed by atoms with E-state index in [0.29, 0.717) is 11.8 Å². The first-order valence-electron chi connectivity index (χ1n) is 18.3. The van der Waals surface area contributed by atoms with E-state index in [1.165, 1.54) is 100 Å². The molecule has 0 amide bonds. The van der Waals surface area contributed by atoms with E-state index in [1.54, 1.807) is 0 Å². The van der Waals surface area contributed by atoms with Gasteiger partial charge in [0.1, 0.15) is 0 Å². The highest BCUT2D eigenvalue weighted by atomic mass is 14.6. The number of hydrogen-bond acceptors (Lipinski definition) is 0. The highest BCUT2D eigenvalue weighted by Crippen LogP contribution is 2.68. The summed E-state index contributed by atoms with van der Waals surface area (Å²) in [4.78, 5) is 0. The molecule has 0 fully saturated rings. The smallest absolute Gasteiger partial charge is 0.0619 e. The molecule has 0 saturated heterocycles. The van der Waals surface area contributed by atoms with Gasteiger partial charge in [0.25, 0.3) is 0 Å². The van der Waals surface area contributed by atoms with Gasteiger partial charge >= 0.3 is 0 Å². The molecule has 50 heavy (non-hydrogen) atoms. The summed E-state index contributed by atoms with van der Waals surface area (Å²) in [6.07, 6.45) is 0. The van der Waals surface area contributed by atoms with Crippen LogP contribution in [0, 0.1) is 0 Å². The Balaban J connectivity index is 1.33. The van der Waals surface area contributed by atoms with E-state index < -0.39 is 0 Å². The molecule has 4 aliphatic rings. The normalized spacial score (nSPS) is 15.5. The molecular formula is C50H38. The van der Waals surface area contributed by atoms with Crippen molar-refractivity contribution in [3.8, 4) is 44.5 Å². The second kappa shape index (κ2) is 9.61. The third-order valence-electron chi connectivity index (χ3n) is 12.7. The number of fused-ring (bicyclic) bond motifs is 20.